The van der Waals surface area contributed by atoms with Gasteiger partial charge in [-0.1, -0.05) is 12.1 Å². The van der Waals surface area contributed by atoms with Gasteiger partial charge >= 0.3 is 0 Å². The van der Waals surface area contributed by atoms with Gasteiger partial charge < -0.3 is 4.74 Å². The van der Waals surface area contributed by atoms with Gasteiger partial charge in [-0.15, -0.1) is 0 Å². The molecule has 0 unspecified atom stereocenters. The molecular formula is C15H20N2O3S. The minimum atomic E-state index is -3.30. The zero-order valence-corrected chi connectivity index (χ0v) is 13.0. The van der Waals surface area contributed by atoms with Crippen LogP contribution in [0.5, 0.6) is 0 Å². The number of rotatable bonds is 5. The quantitative estimate of drug-likeness (QED) is 0.833. The molecule has 0 aliphatic carbocycles. The van der Waals surface area contributed by atoms with E-state index in [-0.39, 0.29) is 11.9 Å². The predicted octanol–water partition coefficient (Wildman–Crippen LogP) is 1.89. The molecule has 1 aliphatic rings. The summed E-state index contributed by atoms with van der Waals surface area (Å²) >= 11 is 0. The number of hydrogen-bond donors (Lipinski definition) is 0. The normalized spacial score (nSPS) is 17.5. The number of benzene rings is 1. The molecule has 1 heterocycles. The first-order valence-electron chi connectivity index (χ1n) is 7.13. The van der Waals surface area contributed by atoms with E-state index in [9.17, 15) is 8.42 Å². The number of piperidine rings is 1. The zero-order valence-electron chi connectivity index (χ0n) is 12.2. The largest absolute Gasteiger partial charge is 0.378 e. The van der Waals surface area contributed by atoms with E-state index < -0.39 is 10.0 Å². The third kappa shape index (κ3) is 4.27. The van der Waals surface area contributed by atoms with E-state index in [2.05, 4.69) is 0 Å². The summed E-state index contributed by atoms with van der Waals surface area (Å²) in [6.45, 7) is 3.66. The van der Waals surface area contributed by atoms with Crippen molar-refractivity contribution in [1.82, 2.24) is 4.31 Å². The summed E-state index contributed by atoms with van der Waals surface area (Å²) < 4.78 is 31.9. The fourth-order valence-electron chi connectivity index (χ4n) is 2.49. The molecule has 114 valence electrons. The van der Waals surface area contributed by atoms with Gasteiger partial charge in [0.25, 0.3) is 0 Å². The van der Waals surface area contributed by atoms with Crippen LogP contribution in [0.4, 0.5) is 0 Å². The van der Waals surface area contributed by atoms with Crippen LogP contribution >= 0.6 is 0 Å². The summed E-state index contributed by atoms with van der Waals surface area (Å²) in [5.74, 6) is -0.0159. The van der Waals surface area contributed by atoms with E-state index in [1.54, 1.807) is 28.6 Å². The van der Waals surface area contributed by atoms with Crippen LogP contribution in [0, 0.1) is 11.3 Å². The molecule has 0 atom stereocenters. The lowest BCUT2D eigenvalue weighted by Gasteiger charge is -2.31. The van der Waals surface area contributed by atoms with Gasteiger partial charge in [-0.05, 0) is 37.5 Å². The smallest absolute Gasteiger partial charge is 0.218 e. The fourth-order valence-corrected chi connectivity index (χ4v) is 4.05. The van der Waals surface area contributed by atoms with Gasteiger partial charge in [0.1, 0.15) is 0 Å². The summed E-state index contributed by atoms with van der Waals surface area (Å²) in [7, 11) is -3.30. The molecular weight excluding hydrogens is 288 g/mol. The van der Waals surface area contributed by atoms with E-state index in [1.165, 1.54) is 0 Å². The molecule has 0 radical (unpaired) electrons. The van der Waals surface area contributed by atoms with Crippen LogP contribution in [0.2, 0.25) is 0 Å². The Morgan fingerprint density at radius 3 is 2.43 bits per heavy atom. The van der Waals surface area contributed by atoms with Gasteiger partial charge in [-0.2, -0.15) is 5.26 Å². The third-order valence-corrected chi connectivity index (χ3v) is 5.48. The number of sulfonamides is 1. The molecule has 21 heavy (non-hydrogen) atoms. The second kappa shape index (κ2) is 7.03. The highest BCUT2D eigenvalue weighted by Gasteiger charge is 2.28. The van der Waals surface area contributed by atoms with Crippen molar-refractivity contribution < 1.29 is 13.2 Å². The van der Waals surface area contributed by atoms with Crippen molar-refractivity contribution in [2.45, 2.75) is 31.6 Å². The minimum absolute atomic E-state index is 0.0159. The zero-order chi connectivity index (χ0) is 15.3. The number of nitriles is 1. The lowest BCUT2D eigenvalue weighted by atomic mass is 10.1. The molecule has 5 nitrogen and oxygen atoms in total. The Bertz CT molecular complexity index is 597. The van der Waals surface area contributed by atoms with Crippen LogP contribution in [0.1, 0.15) is 30.9 Å². The second-order valence-electron chi connectivity index (χ2n) is 5.12. The van der Waals surface area contributed by atoms with E-state index in [0.29, 0.717) is 30.8 Å². The highest BCUT2D eigenvalue weighted by atomic mass is 32.2. The Morgan fingerprint density at radius 1 is 1.29 bits per heavy atom. The van der Waals surface area contributed by atoms with Crippen molar-refractivity contribution in [1.29, 1.82) is 5.26 Å². The highest BCUT2D eigenvalue weighted by Crippen LogP contribution is 2.19. The van der Waals surface area contributed by atoms with Crippen LogP contribution in [0.25, 0.3) is 0 Å². The van der Waals surface area contributed by atoms with Crippen LogP contribution in [-0.4, -0.2) is 38.5 Å². The van der Waals surface area contributed by atoms with Gasteiger partial charge in [0.15, 0.2) is 0 Å². The molecule has 2 rings (SSSR count). The third-order valence-electron chi connectivity index (χ3n) is 3.63. The van der Waals surface area contributed by atoms with Crippen LogP contribution in [-0.2, 0) is 20.5 Å². The maximum absolute atomic E-state index is 12.4. The first-order chi connectivity index (χ1) is 10.0. The molecule has 0 spiro atoms. The summed E-state index contributed by atoms with van der Waals surface area (Å²) in [5, 5.41) is 8.75. The lowest BCUT2D eigenvalue weighted by molar-refractivity contribution is 0.0290. The Labute approximate surface area is 126 Å². The second-order valence-corrected chi connectivity index (χ2v) is 7.09. The Morgan fingerprint density at radius 2 is 1.90 bits per heavy atom. The summed E-state index contributed by atoms with van der Waals surface area (Å²) in [4.78, 5) is 0. The van der Waals surface area contributed by atoms with Gasteiger partial charge in [-0.25, -0.2) is 12.7 Å². The van der Waals surface area contributed by atoms with Crippen molar-refractivity contribution in [3.63, 3.8) is 0 Å². The molecule has 1 fully saturated rings. The molecule has 0 saturated carbocycles. The molecule has 1 saturated heterocycles. The molecule has 0 bridgehead atoms. The van der Waals surface area contributed by atoms with E-state index in [1.807, 2.05) is 13.0 Å². The topological polar surface area (TPSA) is 70.4 Å². The SMILES string of the molecule is CCOC1CCN(S(=O)(=O)Cc2ccc(C#N)cc2)CC1. The fraction of sp³-hybridized carbons (Fsp3) is 0.533. The molecule has 1 aromatic carbocycles. The Hall–Kier alpha value is -1.42. The van der Waals surface area contributed by atoms with Gasteiger partial charge in [0.2, 0.25) is 10.0 Å². The summed E-state index contributed by atoms with van der Waals surface area (Å²) in [6, 6.07) is 8.71. The molecule has 1 aromatic rings. The molecule has 6 heteroatoms. The van der Waals surface area contributed by atoms with Gasteiger partial charge in [-0.3, -0.25) is 0 Å². The summed E-state index contributed by atoms with van der Waals surface area (Å²) in [6.07, 6.45) is 1.68. The highest BCUT2D eigenvalue weighted by molar-refractivity contribution is 7.88. The number of hydrogen-bond acceptors (Lipinski definition) is 4. The van der Waals surface area contributed by atoms with Crippen molar-refractivity contribution >= 4 is 10.0 Å². The first-order valence-corrected chi connectivity index (χ1v) is 8.74. The average molecular weight is 308 g/mol. The number of ether oxygens (including phenoxy) is 1. The number of nitrogens with zero attached hydrogens (tertiary/aromatic N) is 2. The van der Waals surface area contributed by atoms with Crippen molar-refractivity contribution in [3.05, 3.63) is 35.4 Å². The molecule has 0 N–H and O–H groups in total. The molecule has 0 amide bonds. The van der Waals surface area contributed by atoms with Crippen LogP contribution < -0.4 is 0 Å². The first kappa shape index (κ1) is 16.0. The van der Waals surface area contributed by atoms with Crippen molar-refractivity contribution in [3.8, 4) is 6.07 Å². The molecule has 1 aliphatic heterocycles. The van der Waals surface area contributed by atoms with E-state index in [4.69, 9.17) is 10.00 Å². The maximum Gasteiger partial charge on any atom is 0.218 e. The van der Waals surface area contributed by atoms with Crippen LogP contribution in [0.3, 0.4) is 0 Å². The minimum Gasteiger partial charge on any atom is -0.378 e. The van der Waals surface area contributed by atoms with Crippen molar-refractivity contribution in [2.75, 3.05) is 19.7 Å². The Balaban J connectivity index is 1.97. The predicted molar refractivity (Wildman–Crippen MR) is 80.0 cm³/mol. The lowest BCUT2D eigenvalue weighted by Crippen LogP contribution is -2.41. The standard InChI is InChI=1S/C15H20N2O3S/c1-2-20-15-7-9-17(10-8-15)21(18,19)12-14-5-3-13(11-16)4-6-14/h3-6,15H,2,7-10,12H2,1H3. The average Bonchev–Trinajstić information content (AvgIpc) is 2.48. The van der Waals surface area contributed by atoms with E-state index in [0.717, 1.165) is 12.8 Å². The molecule has 0 aromatic heterocycles. The summed E-state index contributed by atoms with van der Waals surface area (Å²) in [5.41, 5.74) is 1.25. The maximum atomic E-state index is 12.4. The monoisotopic (exact) mass is 308 g/mol. The van der Waals surface area contributed by atoms with E-state index >= 15 is 0 Å². The Kier molecular flexibility index (Phi) is 5.34. The van der Waals surface area contributed by atoms with Gasteiger partial charge in [0, 0.05) is 19.7 Å². The van der Waals surface area contributed by atoms with Crippen molar-refractivity contribution in [2.24, 2.45) is 0 Å². The van der Waals surface area contributed by atoms with Crippen LogP contribution in [0.15, 0.2) is 24.3 Å². The van der Waals surface area contributed by atoms with Gasteiger partial charge in [0.05, 0.1) is 23.5 Å².